The molecule has 0 aromatic carbocycles. The molecule has 0 spiro atoms. The first kappa shape index (κ1) is 15.5. The molecule has 0 heterocycles. The maximum Gasteiger partial charge on any atom is 0.0837 e. The predicted octanol–water partition coefficient (Wildman–Crippen LogP) is 4.40. The van der Waals surface area contributed by atoms with Gasteiger partial charge in [0, 0.05) is 5.41 Å². The van der Waals surface area contributed by atoms with Crippen molar-refractivity contribution in [3.63, 3.8) is 0 Å². The van der Waals surface area contributed by atoms with E-state index in [2.05, 4.69) is 26.4 Å². The van der Waals surface area contributed by atoms with E-state index in [0.29, 0.717) is 6.61 Å². The van der Waals surface area contributed by atoms with Gasteiger partial charge in [-0.15, -0.1) is 0 Å². The zero-order valence-corrected chi connectivity index (χ0v) is 13.9. The standard InChI is InChI=1S/C18H31NO2/c1-13(16-7-5-4-6-8-16)17-14(2)18(17,3)12-21-19-20-11-15-9-10-15/h13,15-16,19H,4-12H2,1-3H3/t13-,18-/m1/s1. The molecule has 1 N–H and O–H groups in total. The van der Waals surface area contributed by atoms with Crippen LogP contribution in [0.2, 0.25) is 0 Å². The molecular formula is C18H31NO2. The molecule has 0 aliphatic heterocycles. The SMILES string of the molecule is CC1=C([C@H](C)C2CCCCC2)[C@]1(C)CONOCC1CC1. The van der Waals surface area contributed by atoms with E-state index in [0.717, 1.165) is 24.4 Å². The van der Waals surface area contributed by atoms with Crippen molar-refractivity contribution in [3.8, 4) is 0 Å². The van der Waals surface area contributed by atoms with E-state index >= 15 is 0 Å². The molecule has 2 fully saturated rings. The van der Waals surface area contributed by atoms with Crippen LogP contribution in [0.25, 0.3) is 0 Å². The summed E-state index contributed by atoms with van der Waals surface area (Å²) < 4.78 is 0. The van der Waals surface area contributed by atoms with Crippen LogP contribution in [0.5, 0.6) is 0 Å². The van der Waals surface area contributed by atoms with E-state index in [1.54, 1.807) is 11.1 Å². The van der Waals surface area contributed by atoms with E-state index in [-0.39, 0.29) is 5.41 Å². The molecule has 0 bridgehead atoms. The highest BCUT2D eigenvalue weighted by Crippen LogP contribution is 2.58. The summed E-state index contributed by atoms with van der Waals surface area (Å²) in [5.74, 6) is 2.38. The van der Waals surface area contributed by atoms with Gasteiger partial charge in [-0.05, 0) is 57.3 Å². The Labute approximate surface area is 129 Å². The van der Waals surface area contributed by atoms with Crippen LogP contribution in [0.3, 0.4) is 0 Å². The second-order valence-electron chi connectivity index (χ2n) is 7.68. The summed E-state index contributed by atoms with van der Waals surface area (Å²) >= 11 is 0. The largest absolute Gasteiger partial charge is 0.276 e. The Bertz CT molecular complexity index is 396. The molecule has 3 nitrogen and oxygen atoms in total. The van der Waals surface area contributed by atoms with Gasteiger partial charge in [-0.2, -0.15) is 0 Å². The van der Waals surface area contributed by atoms with Gasteiger partial charge in [0.2, 0.25) is 0 Å². The quantitative estimate of drug-likeness (QED) is 0.409. The van der Waals surface area contributed by atoms with E-state index < -0.39 is 0 Å². The third kappa shape index (κ3) is 3.52. The first-order valence-corrected chi connectivity index (χ1v) is 8.83. The summed E-state index contributed by atoms with van der Waals surface area (Å²) in [6.45, 7) is 8.52. The molecule has 0 unspecified atom stereocenters. The van der Waals surface area contributed by atoms with Crippen molar-refractivity contribution >= 4 is 0 Å². The van der Waals surface area contributed by atoms with Gasteiger partial charge in [0.05, 0.1) is 13.2 Å². The molecule has 3 aliphatic carbocycles. The number of nitrogens with one attached hydrogen (secondary N) is 1. The lowest BCUT2D eigenvalue weighted by Crippen LogP contribution is -2.25. The second-order valence-corrected chi connectivity index (χ2v) is 7.68. The van der Waals surface area contributed by atoms with Crippen molar-refractivity contribution in [1.82, 2.24) is 5.64 Å². The maximum atomic E-state index is 5.56. The maximum absolute atomic E-state index is 5.56. The summed E-state index contributed by atoms with van der Waals surface area (Å²) in [6, 6.07) is 0. The molecule has 0 aromatic rings. The average Bonchev–Trinajstić information content (AvgIpc) is 3.39. The van der Waals surface area contributed by atoms with Crippen LogP contribution < -0.4 is 5.64 Å². The Kier molecular flexibility index (Phi) is 4.72. The Morgan fingerprint density at radius 2 is 1.86 bits per heavy atom. The minimum Gasteiger partial charge on any atom is -0.276 e. The van der Waals surface area contributed by atoms with Crippen molar-refractivity contribution in [2.24, 2.45) is 23.2 Å². The van der Waals surface area contributed by atoms with Crippen LogP contribution in [0.1, 0.15) is 65.7 Å². The summed E-state index contributed by atoms with van der Waals surface area (Å²) in [5, 5.41) is 0. The fraction of sp³-hybridized carbons (Fsp3) is 0.889. The minimum atomic E-state index is 0.173. The molecule has 3 heteroatoms. The molecule has 120 valence electrons. The summed E-state index contributed by atoms with van der Waals surface area (Å²) in [4.78, 5) is 10.9. The molecule has 21 heavy (non-hydrogen) atoms. The normalized spacial score (nSPS) is 31.6. The minimum absolute atomic E-state index is 0.173. The van der Waals surface area contributed by atoms with Crippen molar-refractivity contribution < 1.29 is 9.68 Å². The monoisotopic (exact) mass is 293 g/mol. The van der Waals surface area contributed by atoms with Crippen LogP contribution in [0.4, 0.5) is 0 Å². The van der Waals surface area contributed by atoms with Gasteiger partial charge in [0.15, 0.2) is 0 Å². The fourth-order valence-electron chi connectivity index (χ4n) is 4.17. The molecule has 0 radical (unpaired) electrons. The zero-order valence-electron chi connectivity index (χ0n) is 13.9. The molecule has 2 atom stereocenters. The number of rotatable bonds is 8. The predicted molar refractivity (Wildman–Crippen MR) is 84.3 cm³/mol. The Hall–Kier alpha value is -0.380. The first-order chi connectivity index (χ1) is 10.1. The molecule has 0 aromatic heterocycles. The molecular weight excluding hydrogens is 262 g/mol. The number of hydrogen-bond acceptors (Lipinski definition) is 3. The van der Waals surface area contributed by atoms with Gasteiger partial charge in [0.25, 0.3) is 0 Å². The molecule has 3 aliphatic rings. The highest BCUT2D eigenvalue weighted by atomic mass is 16.9. The lowest BCUT2D eigenvalue weighted by molar-refractivity contribution is -0.180. The van der Waals surface area contributed by atoms with Gasteiger partial charge >= 0.3 is 0 Å². The van der Waals surface area contributed by atoms with Crippen LogP contribution in [0, 0.1) is 23.2 Å². The third-order valence-corrected chi connectivity index (χ3v) is 6.07. The van der Waals surface area contributed by atoms with Crippen LogP contribution >= 0.6 is 0 Å². The Morgan fingerprint density at radius 1 is 1.14 bits per heavy atom. The highest BCUT2D eigenvalue weighted by molar-refractivity contribution is 5.48. The third-order valence-electron chi connectivity index (χ3n) is 6.07. The average molecular weight is 293 g/mol. The first-order valence-electron chi connectivity index (χ1n) is 8.83. The number of hydrogen-bond donors (Lipinski definition) is 1. The van der Waals surface area contributed by atoms with Gasteiger partial charge < -0.3 is 0 Å². The van der Waals surface area contributed by atoms with E-state index in [1.807, 2.05) is 0 Å². The Balaban J connectivity index is 1.40. The Morgan fingerprint density at radius 3 is 2.52 bits per heavy atom. The summed E-state index contributed by atoms with van der Waals surface area (Å²) in [5.41, 5.74) is 6.06. The topological polar surface area (TPSA) is 30.5 Å². The second kappa shape index (κ2) is 6.39. The van der Waals surface area contributed by atoms with Crippen LogP contribution in [-0.2, 0) is 9.68 Å². The van der Waals surface area contributed by atoms with E-state index in [4.69, 9.17) is 9.68 Å². The van der Waals surface area contributed by atoms with Gasteiger partial charge in [-0.25, -0.2) is 0 Å². The van der Waals surface area contributed by atoms with Crippen molar-refractivity contribution in [1.29, 1.82) is 0 Å². The van der Waals surface area contributed by atoms with E-state index in [1.165, 1.54) is 44.9 Å². The van der Waals surface area contributed by atoms with Crippen LogP contribution in [0.15, 0.2) is 11.1 Å². The fourth-order valence-corrected chi connectivity index (χ4v) is 4.17. The molecule has 0 amide bonds. The smallest absolute Gasteiger partial charge is 0.0837 e. The van der Waals surface area contributed by atoms with Gasteiger partial charge in [0.1, 0.15) is 0 Å². The zero-order chi connectivity index (χ0) is 14.9. The van der Waals surface area contributed by atoms with E-state index in [9.17, 15) is 0 Å². The highest BCUT2D eigenvalue weighted by Gasteiger charge is 2.50. The summed E-state index contributed by atoms with van der Waals surface area (Å²) in [7, 11) is 0. The van der Waals surface area contributed by atoms with Crippen LogP contribution in [-0.4, -0.2) is 13.2 Å². The summed E-state index contributed by atoms with van der Waals surface area (Å²) in [6.07, 6.45) is 9.72. The van der Waals surface area contributed by atoms with Gasteiger partial charge in [-0.3, -0.25) is 9.68 Å². The molecule has 0 saturated heterocycles. The van der Waals surface area contributed by atoms with Gasteiger partial charge in [-0.1, -0.05) is 43.0 Å². The lowest BCUT2D eigenvalue weighted by Gasteiger charge is -2.28. The van der Waals surface area contributed by atoms with Crippen molar-refractivity contribution in [3.05, 3.63) is 11.1 Å². The molecule has 3 rings (SSSR count). The molecule has 2 saturated carbocycles. The van der Waals surface area contributed by atoms with Crippen molar-refractivity contribution in [2.45, 2.75) is 65.7 Å². The lowest BCUT2D eigenvalue weighted by atomic mass is 9.77. The van der Waals surface area contributed by atoms with Crippen molar-refractivity contribution in [2.75, 3.05) is 13.2 Å².